The van der Waals surface area contributed by atoms with E-state index in [9.17, 15) is 9.18 Å². The summed E-state index contributed by atoms with van der Waals surface area (Å²) in [7, 11) is 0. The van der Waals surface area contributed by atoms with Crippen LogP contribution in [0, 0.1) is 5.82 Å². The number of Topliss-reactive ketones (excluding diaryl/α,β-unsaturated/α-hetero) is 1. The lowest BCUT2D eigenvalue weighted by Gasteiger charge is -2.19. The number of carbonyl (C=O) groups excluding carboxylic acids is 1. The molecule has 0 amide bonds. The lowest BCUT2D eigenvalue weighted by molar-refractivity contribution is 0.101. The summed E-state index contributed by atoms with van der Waals surface area (Å²) in [5.74, 6) is -0.510. The molecule has 0 atom stereocenters. The highest BCUT2D eigenvalue weighted by Crippen LogP contribution is 2.27. The van der Waals surface area contributed by atoms with Gasteiger partial charge in [-0.05, 0) is 47.2 Å². The van der Waals surface area contributed by atoms with Crippen molar-refractivity contribution < 1.29 is 9.18 Å². The monoisotopic (exact) mass is 270 g/mol. The first-order chi connectivity index (χ1) is 9.27. The van der Waals surface area contributed by atoms with Crippen molar-refractivity contribution in [2.24, 2.45) is 0 Å². The Morgan fingerprint density at radius 1 is 0.950 bits per heavy atom. The zero-order chi connectivity index (χ0) is 14.9. The van der Waals surface area contributed by atoms with E-state index in [2.05, 4.69) is 20.8 Å². The number of rotatable bonds is 2. The Kier molecular flexibility index (Phi) is 3.76. The van der Waals surface area contributed by atoms with E-state index < -0.39 is 0 Å². The highest BCUT2D eigenvalue weighted by Gasteiger charge is 2.13. The predicted molar refractivity (Wildman–Crippen MR) is 80.5 cm³/mol. The van der Waals surface area contributed by atoms with Crippen LogP contribution in [0.3, 0.4) is 0 Å². The molecule has 1 nitrogen and oxygen atoms in total. The van der Waals surface area contributed by atoms with Crippen LogP contribution in [0.2, 0.25) is 0 Å². The van der Waals surface area contributed by atoms with Gasteiger partial charge in [-0.25, -0.2) is 4.39 Å². The molecule has 0 radical (unpaired) electrons. The van der Waals surface area contributed by atoms with Gasteiger partial charge in [0, 0.05) is 5.56 Å². The number of hydrogen-bond donors (Lipinski definition) is 0. The van der Waals surface area contributed by atoms with Gasteiger partial charge in [0.25, 0.3) is 0 Å². The van der Waals surface area contributed by atoms with Crippen molar-refractivity contribution in [3.05, 3.63) is 59.4 Å². The lowest BCUT2D eigenvalue weighted by atomic mass is 9.86. The summed E-state index contributed by atoms with van der Waals surface area (Å²) in [6.07, 6.45) is 0. The number of hydrogen-bond acceptors (Lipinski definition) is 1. The molecular formula is C18H19FO. The van der Waals surface area contributed by atoms with E-state index in [1.54, 1.807) is 6.07 Å². The molecule has 0 unspecified atom stereocenters. The first-order valence-electron chi connectivity index (χ1n) is 6.70. The maximum absolute atomic E-state index is 13.6. The van der Waals surface area contributed by atoms with Gasteiger partial charge in [-0.1, -0.05) is 45.0 Å². The summed E-state index contributed by atoms with van der Waals surface area (Å²) >= 11 is 0. The molecule has 0 saturated heterocycles. The van der Waals surface area contributed by atoms with E-state index in [0.29, 0.717) is 5.56 Å². The number of benzene rings is 2. The molecule has 0 fully saturated rings. The molecule has 0 aromatic heterocycles. The fraction of sp³-hybridized carbons (Fsp3) is 0.278. The van der Waals surface area contributed by atoms with Crippen LogP contribution in [0.4, 0.5) is 4.39 Å². The maximum atomic E-state index is 13.6. The largest absolute Gasteiger partial charge is 0.295 e. The topological polar surface area (TPSA) is 17.1 Å². The average molecular weight is 270 g/mol. The third-order valence-electron chi connectivity index (χ3n) is 3.39. The summed E-state index contributed by atoms with van der Waals surface area (Å²) in [5, 5.41) is 0. The quantitative estimate of drug-likeness (QED) is 0.702. The van der Waals surface area contributed by atoms with Crippen molar-refractivity contribution in [3.8, 4) is 11.1 Å². The number of ketones is 1. The average Bonchev–Trinajstić information content (AvgIpc) is 2.37. The Morgan fingerprint density at radius 2 is 1.55 bits per heavy atom. The molecule has 0 spiro atoms. The molecular weight excluding hydrogens is 251 g/mol. The fourth-order valence-corrected chi connectivity index (χ4v) is 2.12. The SMILES string of the molecule is CC(=O)c1cc(F)cc(-c2ccc(C(C)(C)C)cc2)c1. The molecule has 0 bridgehead atoms. The van der Waals surface area contributed by atoms with Gasteiger partial charge in [0.2, 0.25) is 0 Å². The maximum Gasteiger partial charge on any atom is 0.159 e. The van der Waals surface area contributed by atoms with E-state index in [1.807, 2.05) is 24.3 Å². The summed E-state index contributed by atoms with van der Waals surface area (Å²) in [6.45, 7) is 7.90. The van der Waals surface area contributed by atoms with Crippen molar-refractivity contribution in [2.45, 2.75) is 33.1 Å². The Hall–Kier alpha value is -1.96. The van der Waals surface area contributed by atoms with Gasteiger partial charge in [-0.15, -0.1) is 0 Å². The summed E-state index contributed by atoms with van der Waals surface area (Å²) in [6, 6.07) is 12.5. The van der Waals surface area contributed by atoms with Crippen molar-refractivity contribution in [1.29, 1.82) is 0 Å². The van der Waals surface area contributed by atoms with Crippen molar-refractivity contribution in [2.75, 3.05) is 0 Å². The van der Waals surface area contributed by atoms with Crippen molar-refractivity contribution >= 4 is 5.78 Å². The number of halogens is 1. The Morgan fingerprint density at radius 3 is 2.05 bits per heavy atom. The second kappa shape index (κ2) is 5.20. The Balaban J connectivity index is 2.44. The predicted octanol–water partition coefficient (Wildman–Crippen LogP) is 4.99. The van der Waals surface area contributed by atoms with Gasteiger partial charge < -0.3 is 0 Å². The lowest BCUT2D eigenvalue weighted by Crippen LogP contribution is -2.10. The molecule has 0 aliphatic heterocycles. The van der Waals surface area contributed by atoms with Gasteiger partial charge in [0.1, 0.15) is 5.82 Å². The van der Waals surface area contributed by atoms with Crippen LogP contribution in [0.25, 0.3) is 11.1 Å². The summed E-state index contributed by atoms with van der Waals surface area (Å²) < 4.78 is 13.6. The summed E-state index contributed by atoms with van der Waals surface area (Å²) in [4.78, 5) is 11.4. The molecule has 0 N–H and O–H groups in total. The van der Waals surface area contributed by atoms with Gasteiger partial charge in [-0.3, -0.25) is 4.79 Å². The smallest absolute Gasteiger partial charge is 0.159 e. The molecule has 0 aliphatic rings. The minimum absolute atomic E-state index is 0.0883. The van der Waals surface area contributed by atoms with Crippen LogP contribution in [-0.4, -0.2) is 5.78 Å². The van der Waals surface area contributed by atoms with E-state index in [0.717, 1.165) is 11.1 Å². The third-order valence-corrected chi connectivity index (χ3v) is 3.39. The molecule has 0 saturated carbocycles. The summed E-state index contributed by atoms with van der Waals surface area (Å²) in [5.41, 5.74) is 3.37. The van der Waals surface area contributed by atoms with Gasteiger partial charge in [0.05, 0.1) is 0 Å². The van der Waals surface area contributed by atoms with Crippen LogP contribution in [0.5, 0.6) is 0 Å². The first kappa shape index (κ1) is 14.4. The second-order valence-corrected chi connectivity index (χ2v) is 6.11. The van der Waals surface area contributed by atoms with Crippen molar-refractivity contribution in [1.82, 2.24) is 0 Å². The molecule has 2 aromatic rings. The van der Waals surface area contributed by atoms with Gasteiger partial charge >= 0.3 is 0 Å². The van der Waals surface area contributed by atoms with Crippen LogP contribution in [-0.2, 0) is 5.41 Å². The zero-order valence-electron chi connectivity index (χ0n) is 12.3. The fourth-order valence-electron chi connectivity index (χ4n) is 2.12. The highest BCUT2D eigenvalue weighted by molar-refractivity contribution is 5.95. The molecule has 104 valence electrons. The van der Waals surface area contributed by atoms with Gasteiger partial charge in [0.15, 0.2) is 5.78 Å². The highest BCUT2D eigenvalue weighted by atomic mass is 19.1. The van der Waals surface area contributed by atoms with Crippen LogP contribution in [0.15, 0.2) is 42.5 Å². The molecule has 20 heavy (non-hydrogen) atoms. The Labute approximate surface area is 119 Å². The van der Waals surface area contributed by atoms with E-state index in [1.165, 1.54) is 24.6 Å². The van der Waals surface area contributed by atoms with E-state index in [-0.39, 0.29) is 17.0 Å². The molecule has 2 rings (SSSR count). The molecule has 0 heterocycles. The Bertz CT molecular complexity index is 633. The third kappa shape index (κ3) is 3.13. The standard InChI is InChI=1S/C18H19FO/c1-12(20)14-9-15(11-17(19)10-14)13-5-7-16(8-6-13)18(2,3)4/h5-11H,1-4H3. The first-order valence-corrected chi connectivity index (χ1v) is 6.70. The van der Waals surface area contributed by atoms with E-state index in [4.69, 9.17) is 0 Å². The van der Waals surface area contributed by atoms with Crippen LogP contribution >= 0.6 is 0 Å². The molecule has 2 heteroatoms. The van der Waals surface area contributed by atoms with Crippen molar-refractivity contribution in [3.63, 3.8) is 0 Å². The molecule has 2 aromatic carbocycles. The molecule has 0 aliphatic carbocycles. The second-order valence-electron chi connectivity index (χ2n) is 6.11. The van der Waals surface area contributed by atoms with E-state index >= 15 is 0 Å². The minimum atomic E-state index is -0.382. The van der Waals surface area contributed by atoms with Crippen LogP contribution < -0.4 is 0 Å². The zero-order valence-corrected chi connectivity index (χ0v) is 12.3. The number of carbonyl (C=O) groups is 1. The minimum Gasteiger partial charge on any atom is -0.295 e. The normalized spacial score (nSPS) is 11.4. The van der Waals surface area contributed by atoms with Crippen LogP contribution in [0.1, 0.15) is 43.6 Å². The van der Waals surface area contributed by atoms with Gasteiger partial charge in [-0.2, -0.15) is 0 Å².